The van der Waals surface area contributed by atoms with Crippen LogP contribution in [-0.4, -0.2) is 29.9 Å². The Morgan fingerprint density at radius 1 is 1.12 bits per heavy atom. The van der Waals surface area contributed by atoms with Gasteiger partial charge < -0.3 is 9.09 Å². The number of hydrogen-bond acceptors (Lipinski definition) is 7. The molecule has 0 spiro atoms. The molecule has 0 aliphatic rings. The minimum Gasteiger partial charge on any atom is -0.343 e. The molecule has 26 heavy (non-hydrogen) atoms. The van der Waals surface area contributed by atoms with Crippen molar-refractivity contribution in [3.63, 3.8) is 0 Å². The first-order chi connectivity index (χ1) is 12.7. The van der Waals surface area contributed by atoms with E-state index in [1.54, 1.807) is 12.4 Å². The van der Waals surface area contributed by atoms with Crippen LogP contribution < -0.4 is 0 Å². The van der Waals surface area contributed by atoms with Crippen LogP contribution in [0, 0.1) is 6.92 Å². The van der Waals surface area contributed by atoms with Crippen molar-refractivity contribution in [3.8, 4) is 11.4 Å². The van der Waals surface area contributed by atoms with Crippen LogP contribution >= 0.6 is 11.8 Å². The first-order valence-corrected chi connectivity index (χ1v) is 8.89. The summed E-state index contributed by atoms with van der Waals surface area (Å²) >= 11 is 1.54. The number of benzene rings is 1. The third-order valence-electron chi connectivity index (χ3n) is 3.95. The minimum atomic E-state index is -0.137. The van der Waals surface area contributed by atoms with E-state index in [1.807, 2.05) is 29.8 Å². The minimum absolute atomic E-state index is 0.137. The molecule has 3 heterocycles. The lowest BCUT2D eigenvalue weighted by Gasteiger charge is -2.13. The summed E-state index contributed by atoms with van der Waals surface area (Å²) in [5, 5.41) is 13.4. The Balaban J connectivity index is 1.70. The van der Waals surface area contributed by atoms with Crippen molar-refractivity contribution in [2.75, 3.05) is 0 Å². The predicted octanol–water partition coefficient (Wildman–Crippen LogP) is 3.45. The summed E-state index contributed by atoms with van der Waals surface area (Å²) in [7, 11) is 1.95. The van der Waals surface area contributed by atoms with Gasteiger partial charge in [-0.15, -0.1) is 10.2 Å². The highest BCUT2D eigenvalue weighted by Crippen LogP contribution is 2.39. The third-order valence-corrected chi connectivity index (χ3v) is 5.24. The largest absolute Gasteiger partial charge is 0.343 e. The van der Waals surface area contributed by atoms with E-state index in [0.29, 0.717) is 5.82 Å². The van der Waals surface area contributed by atoms with E-state index >= 15 is 0 Å². The highest BCUT2D eigenvalue weighted by Gasteiger charge is 2.24. The Morgan fingerprint density at radius 2 is 1.96 bits per heavy atom. The molecule has 130 valence electrons. The average Bonchev–Trinajstić information content (AvgIpc) is 3.31. The quantitative estimate of drug-likeness (QED) is 0.502. The monoisotopic (exact) mass is 364 g/mol. The van der Waals surface area contributed by atoms with Gasteiger partial charge in [0.05, 0.1) is 0 Å². The summed E-state index contributed by atoms with van der Waals surface area (Å²) in [5.74, 6) is 1.39. The molecule has 1 atom stereocenters. The topological polar surface area (TPSA) is 82.5 Å². The second kappa shape index (κ2) is 7.09. The van der Waals surface area contributed by atoms with Gasteiger partial charge >= 0.3 is 0 Å². The summed E-state index contributed by atoms with van der Waals surface area (Å²) < 4.78 is 6.93. The molecule has 0 amide bonds. The maximum atomic E-state index is 4.97. The molecule has 1 unspecified atom stereocenters. The van der Waals surface area contributed by atoms with Gasteiger partial charge in [0.2, 0.25) is 6.39 Å². The normalized spacial score (nSPS) is 12.2. The van der Waals surface area contributed by atoms with Gasteiger partial charge in [-0.1, -0.05) is 46.7 Å². The number of aromatic nitrogens is 6. The molecule has 0 aliphatic heterocycles. The Kier molecular flexibility index (Phi) is 4.49. The van der Waals surface area contributed by atoms with Crippen LogP contribution in [0.4, 0.5) is 0 Å². The maximum absolute atomic E-state index is 4.97. The van der Waals surface area contributed by atoms with Crippen molar-refractivity contribution in [1.29, 1.82) is 0 Å². The summed E-state index contributed by atoms with van der Waals surface area (Å²) in [5.41, 5.74) is 3.23. The summed E-state index contributed by atoms with van der Waals surface area (Å²) in [6.07, 6.45) is 4.83. The molecular weight excluding hydrogens is 348 g/mol. The average molecular weight is 364 g/mol. The molecule has 7 nitrogen and oxygen atoms in total. The smallest absolute Gasteiger partial charge is 0.213 e. The molecule has 3 aromatic heterocycles. The maximum Gasteiger partial charge on any atom is 0.213 e. The second-order valence-electron chi connectivity index (χ2n) is 5.80. The third kappa shape index (κ3) is 3.23. The Hall–Kier alpha value is -3.00. The lowest BCUT2D eigenvalue weighted by molar-refractivity contribution is 0.411. The second-order valence-corrected chi connectivity index (χ2v) is 6.87. The SMILES string of the molecule is Cc1cccc(C(Sc2nnc(-c3ccncc3)n2C)c2ncon2)c1. The van der Waals surface area contributed by atoms with Gasteiger partial charge in [-0.05, 0) is 24.6 Å². The van der Waals surface area contributed by atoms with E-state index in [4.69, 9.17) is 4.52 Å². The molecule has 0 saturated carbocycles. The zero-order valence-electron chi connectivity index (χ0n) is 14.3. The van der Waals surface area contributed by atoms with Gasteiger partial charge in [-0.2, -0.15) is 4.98 Å². The van der Waals surface area contributed by atoms with Gasteiger partial charge in [-0.25, -0.2) is 0 Å². The number of hydrogen-bond donors (Lipinski definition) is 0. The fourth-order valence-electron chi connectivity index (χ4n) is 2.67. The van der Waals surface area contributed by atoms with Crippen molar-refractivity contribution < 1.29 is 4.52 Å². The molecule has 0 fully saturated rings. The highest BCUT2D eigenvalue weighted by atomic mass is 32.2. The Labute approximate surface area is 154 Å². The van der Waals surface area contributed by atoms with Crippen molar-refractivity contribution in [3.05, 3.63) is 72.1 Å². The van der Waals surface area contributed by atoms with Gasteiger partial charge in [0.1, 0.15) is 5.25 Å². The standard InChI is InChI=1S/C18H16N6OS/c1-12-4-3-5-14(10-12)15(16-20-11-25-23-16)26-18-22-21-17(24(18)2)13-6-8-19-9-7-13/h3-11,15H,1-2H3. The highest BCUT2D eigenvalue weighted by molar-refractivity contribution is 7.99. The van der Waals surface area contributed by atoms with Gasteiger partial charge in [0.15, 0.2) is 16.8 Å². The van der Waals surface area contributed by atoms with Gasteiger partial charge in [0, 0.05) is 25.0 Å². The van der Waals surface area contributed by atoms with E-state index in [1.165, 1.54) is 23.7 Å². The Bertz CT molecular complexity index is 1000. The van der Waals surface area contributed by atoms with Crippen molar-refractivity contribution in [2.24, 2.45) is 7.05 Å². The first-order valence-electron chi connectivity index (χ1n) is 8.01. The molecule has 8 heteroatoms. The van der Waals surface area contributed by atoms with E-state index in [0.717, 1.165) is 22.1 Å². The van der Waals surface area contributed by atoms with Crippen LogP contribution in [0.2, 0.25) is 0 Å². The number of rotatable bonds is 5. The van der Waals surface area contributed by atoms with Crippen LogP contribution in [0.15, 0.2) is 64.9 Å². The molecule has 4 aromatic rings. The number of thioether (sulfide) groups is 1. The van der Waals surface area contributed by atoms with E-state index in [2.05, 4.69) is 50.4 Å². The van der Waals surface area contributed by atoms with Crippen LogP contribution in [0.3, 0.4) is 0 Å². The molecular formula is C18H16N6OS. The lowest BCUT2D eigenvalue weighted by atomic mass is 10.1. The van der Waals surface area contributed by atoms with Crippen LogP contribution in [0.5, 0.6) is 0 Å². The molecule has 0 bridgehead atoms. The first kappa shape index (κ1) is 16.5. The van der Waals surface area contributed by atoms with E-state index in [9.17, 15) is 0 Å². The van der Waals surface area contributed by atoms with Crippen molar-refractivity contribution in [2.45, 2.75) is 17.3 Å². The number of aryl methyl sites for hydroxylation is 1. The van der Waals surface area contributed by atoms with Crippen LogP contribution in [0.25, 0.3) is 11.4 Å². The molecule has 0 aliphatic carbocycles. The molecule has 0 radical (unpaired) electrons. The van der Waals surface area contributed by atoms with Gasteiger partial charge in [-0.3, -0.25) is 4.98 Å². The zero-order valence-corrected chi connectivity index (χ0v) is 15.1. The zero-order chi connectivity index (χ0) is 17.9. The number of nitrogens with zero attached hydrogens (tertiary/aromatic N) is 6. The van der Waals surface area contributed by atoms with Crippen LogP contribution in [-0.2, 0) is 7.05 Å². The number of pyridine rings is 1. The molecule has 0 N–H and O–H groups in total. The summed E-state index contributed by atoms with van der Waals surface area (Å²) in [4.78, 5) is 8.30. The van der Waals surface area contributed by atoms with Crippen molar-refractivity contribution in [1.82, 2.24) is 29.9 Å². The lowest BCUT2D eigenvalue weighted by Crippen LogP contribution is -2.02. The molecule has 1 aromatic carbocycles. The molecule has 4 rings (SSSR count). The summed E-state index contributed by atoms with van der Waals surface area (Å²) in [6.45, 7) is 2.06. The van der Waals surface area contributed by atoms with Crippen LogP contribution in [0.1, 0.15) is 22.2 Å². The fraction of sp³-hybridized carbons (Fsp3) is 0.167. The van der Waals surface area contributed by atoms with E-state index < -0.39 is 0 Å². The summed E-state index contributed by atoms with van der Waals surface area (Å²) in [6, 6.07) is 12.1. The van der Waals surface area contributed by atoms with Gasteiger partial charge in [0.25, 0.3) is 0 Å². The molecule has 0 saturated heterocycles. The van der Waals surface area contributed by atoms with E-state index in [-0.39, 0.29) is 5.25 Å². The predicted molar refractivity (Wildman–Crippen MR) is 97.4 cm³/mol. The fourth-order valence-corrected chi connectivity index (χ4v) is 3.71. The Morgan fingerprint density at radius 3 is 2.69 bits per heavy atom. The van der Waals surface area contributed by atoms with Crippen molar-refractivity contribution >= 4 is 11.8 Å².